The fraction of sp³-hybridized carbons (Fsp3) is 0.364. The minimum atomic E-state index is -3.70. The molecule has 12 heteroatoms. The number of anilines is 1. The number of nitrogens with one attached hydrogen (secondary N) is 2. The number of sulfone groups is 1. The predicted molar refractivity (Wildman–Crippen MR) is 127 cm³/mol. The quantitative estimate of drug-likeness (QED) is 0.173. The van der Waals surface area contributed by atoms with Crippen molar-refractivity contribution in [1.82, 2.24) is 5.32 Å². The maximum absolute atomic E-state index is 12.8. The van der Waals surface area contributed by atoms with E-state index in [4.69, 9.17) is 9.47 Å². The van der Waals surface area contributed by atoms with Crippen molar-refractivity contribution in [2.75, 3.05) is 31.3 Å². The molecular formula is C22H26N2O8S2. The van der Waals surface area contributed by atoms with Crippen LogP contribution in [0.2, 0.25) is 0 Å². The molecule has 34 heavy (non-hydrogen) atoms. The second-order valence-corrected chi connectivity index (χ2v) is 10.0. The molecule has 0 aliphatic carbocycles. The Labute approximate surface area is 203 Å². The molecule has 1 fully saturated rings. The Kier molecular flexibility index (Phi) is 9.59. The van der Waals surface area contributed by atoms with Gasteiger partial charge in [-0.1, -0.05) is 25.3 Å². The number of amides is 1. The summed E-state index contributed by atoms with van der Waals surface area (Å²) in [5.74, 6) is -3.77. The molecular weight excluding hydrogens is 484 g/mol. The van der Waals surface area contributed by atoms with E-state index in [1.807, 2.05) is 0 Å². The highest BCUT2D eigenvalue weighted by Crippen LogP contribution is 2.27. The van der Waals surface area contributed by atoms with Gasteiger partial charge in [0.2, 0.25) is 5.91 Å². The molecule has 0 bridgehead atoms. The van der Waals surface area contributed by atoms with E-state index >= 15 is 0 Å². The van der Waals surface area contributed by atoms with Crippen molar-refractivity contribution in [3.05, 3.63) is 49.1 Å². The predicted octanol–water partition coefficient (Wildman–Crippen LogP) is 1.15. The standard InChI is InChI=1S/C22H26N2O8S2/c1-4-6-31-20(26)13-8-15(11-16(9-13)34(3,29)30)24-19(25)17-10-14(12-23-17)18(22(28)33)21(27)32-7-5-2/h4-5,8-9,11,14,17-18,23H,1-2,6-7,10,12H2,3H3,(H,24,25)(H,28,33)/t14-,17?,18+/m1/s1. The van der Waals surface area contributed by atoms with Gasteiger partial charge in [-0.25, -0.2) is 13.2 Å². The number of ether oxygens (including phenoxy) is 2. The molecule has 1 saturated heterocycles. The normalized spacial score (nSPS) is 18.4. The number of hydrogen-bond donors (Lipinski definition) is 3. The number of thiol groups is 1. The van der Waals surface area contributed by atoms with Crippen LogP contribution in [0.25, 0.3) is 0 Å². The summed E-state index contributed by atoms with van der Waals surface area (Å²) >= 11 is 3.78. The van der Waals surface area contributed by atoms with Crippen LogP contribution in [0.4, 0.5) is 5.69 Å². The van der Waals surface area contributed by atoms with Crippen molar-refractivity contribution in [1.29, 1.82) is 0 Å². The van der Waals surface area contributed by atoms with Gasteiger partial charge in [0, 0.05) is 18.5 Å². The Morgan fingerprint density at radius 3 is 2.41 bits per heavy atom. The average molecular weight is 511 g/mol. The third-order valence-corrected chi connectivity index (χ3v) is 6.36. The molecule has 1 unspecified atom stereocenters. The fourth-order valence-corrected chi connectivity index (χ4v) is 4.39. The summed E-state index contributed by atoms with van der Waals surface area (Å²) in [4.78, 5) is 49.0. The summed E-state index contributed by atoms with van der Waals surface area (Å²) in [7, 11) is -3.70. The number of carbonyl (C=O) groups excluding carboxylic acids is 4. The monoisotopic (exact) mass is 510 g/mol. The zero-order chi connectivity index (χ0) is 25.5. The van der Waals surface area contributed by atoms with Crippen molar-refractivity contribution in [3.63, 3.8) is 0 Å². The van der Waals surface area contributed by atoms with Crippen LogP contribution in [0.5, 0.6) is 0 Å². The highest BCUT2D eigenvalue weighted by Gasteiger charge is 2.41. The Morgan fingerprint density at radius 2 is 1.82 bits per heavy atom. The summed E-state index contributed by atoms with van der Waals surface area (Å²) in [5, 5.41) is 4.83. The number of esters is 2. The van der Waals surface area contributed by atoms with Gasteiger partial charge < -0.3 is 20.1 Å². The van der Waals surface area contributed by atoms with E-state index in [-0.39, 0.29) is 42.3 Å². The first-order valence-electron chi connectivity index (χ1n) is 10.2. The van der Waals surface area contributed by atoms with Crippen LogP contribution in [0.15, 0.2) is 48.4 Å². The number of hydrogen-bond acceptors (Lipinski definition) is 9. The first kappa shape index (κ1) is 27.3. The van der Waals surface area contributed by atoms with Crippen LogP contribution in [0, 0.1) is 11.8 Å². The maximum atomic E-state index is 12.8. The second kappa shape index (κ2) is 12.0. The van der Waals surface area contributed by atoms with E-state index in [1.54, 1.807) is 0 Å². The van der Waals surface area contributed by atoms with Crippen LogP contribution in [-0.2, 0) is 33.7 Å². The first-order valence-corrected chi connectivity index (χ1v) is 12.5. The molecule has 1 aliphatic rings. The first-order chi connectivity index (χ1) is 16.0. The van der Waals surface area contributed by atoms with Gasteiger partial charge in [0.25, 0.3) is 0 Å². The Morgan fingerprint density at radius 1 is 1.18 bits per heavy atom. The largest absolute Gasteiger partial charge is 0.461 e. The van der Waals surface area contributed by atoms with Gasteiger partial charge in [-0.05, 0) is 30.5 Å². The Balaban J connectivity index is 2.19. The number of carbonyl (C=O) groups is 4. The molecule has 2 rings (SSSR count). The van der Waals surface area contributed by atoms with E-state index in [1.165, 1.54) is 24.3 Å². The van der Waals surface area contributed by atoms with Gasteiger partial charge in [0.1, 0.15) is 19.1 Å². The fourth-order valence-electron chi connectivity index (χ4n) is 3.39. The third kappa shape index (κ3) is 7.27. The Bertz CT molecular complexity index is 1100. The second-order valence-electron chi connectivity index (χ2n) is 7.59. The van der Waals surface area contributed by atoms with Gasteiger partial charge >= 0.3 is 11.9 Å². The molecule has 2 N–H and O–H groups in total. The zero-order valence-corrected chi connectivity index (χ0v) is 20.2. The lowest BCUT2D eigenvalue weighted by Gasteiger charge is -2.18. The van der Waals surface area contributed by atoms with Gasteiger partial charge in [0.05, 0.1) is 16.5 Å². The SMILES string of the molecule is C=CCOC(=O)c1cc(NC(=O)C2C[C@@H]([C@H](C(=O)S)C(=O)OCC=C)CN2)cc(S(C)(=O)=O)c1. The zero-order valence-electron chi connectivity index (χ0n) is 18.5. The van der Waals surface area contributed by atoms with Gasteiger partial charge in [0.15, 0.2) is 15.0 Å². The van der Waals surface area contributed by atoms with Crippen molar-refractivity contribution in [2.45, 2.75) is 17.4 Å². The molecule has 1 heterocycles. The Hall–Kier alpha value is -2.96. The van der Waals surface area contributed by atoms with Gasteiger partial charge in [-0.3, -0.25) is 14.4 Å². The van der Waals surface area contributed by atoms with Crippen LogP contribution < -0.4 is 10.6 Å². The topological polar surface area (TPSA) is 145 Å². The molecule has 1 aromatic carbocycles. The highest BCUT2D eigenvalue weighted by atomic mass is 32.2. The van der Waals surface area contributed by atoms with Gasteiger partial charge in [-0.15, -0.1) is 12.6 Å². The van der Waals surface area contributed by atoms with E-state index < -0.39 is 50.7 Å². The van der Waals surface area contributed by atoms with Crippen molar-refractivity contribution >= 4 is 51.1 Å². The minimum absolute atomic E-state index is 0.0608. The molecule has 0 saturated carbocycles. The lowest BCUT2D eigenvalue weighted by Crippen LogP contribution is -2.35. The summed E-state index contributed by atoms with van der Waals surface area (Å²) in [5.41, 5.74) is -0.000950. The molecule has 0 aromatic heterocycles. The maximum Gasteiger partial charge on any atom is 0.338 e. The van der Waals surface area contributed by atoms with Crippen molar-refractivity contribution in [3.8, 4) is 0 Å². The molecule has 1 aliphatic heterocycles. The van der Waals surface area contributed by atoms with Crippen LogP contribution >= 0.6 is 12.6 Å². The summed E-state index contributed by atoms with van der Waals surface area (Å²) < 4.78 is 34.0. The summed E-state index contributed by atoms with van der Waals surface area (Å²) in [6.07, 6.45) is 3.83. The van der Waals surface area contributed by atoms with E-state index in [9.17, 15) is 27.6 Å². The molecule has 184 valence electrons. The lowest BCUT2D eigenvalue weighted by atomic mass is 9.90. The molecule has 3 atom stereocenters. The molecule has 0 radical (unpaired) electrons. The van der Waals surface area contributed by atoms with Crippen LogP contribution in [0.1, 0.15) is 16.8 Å². The van der Waals surface area contributed by atoms with Crippen molar-refractivity contribution < 1.29 is 37.1 Å². The highest BCUT2D eigenvalue weighted by molar-refractivity contribution is 7.96. The van der Waals surface area contributed by atoms with Crippen LogP contribution in [-0.4, -0.2) is 63.4 Å². The summed E-state index contributed by atoms with van der Waals surface area (Å²) in [6, 6.07) is 2.87. The molecule has 1 aromatic rings. The van der Waals surface area contributed by atoms with E-state index in [0.29, 0.717) is 0 Å². The molecule has 0 spiro atoms. The van der Waals surface area contributed by atoms with Crippen LogP contribution in [0.3, 0.4) is 0 Å². The van der Waals surface area contributed by atoms with E-state index in [0.717, 1.165) is 12.3 Å². The minimum Gasteiger partial charge on any atom is -0.461 e. The average Bonchev–Trinajstić information content (AvgIpc) is 3.24. The number of rotatable bonds is 11. The molecule has 10 nitrogen and oxygen atoms in total. The van der Waals surface area contributed by atoms with E-state index in [2.05, 4.69) is 36.4 Å². The summed E-state index contributed by atoms with van der Waals surface area (Å²) in [6.45, 7) is 6.94. The smallest absolute Gasteiger partial charge is 0.338 e. The number of benzene rings is 1. The lowest BCUT2D eigenvalue weighted by molar-refractivity contribution is -0.151. The third-order valence-electron chi connectivity index (χ3n) is 4.99. The van der Waals surface area contributed by atoms with Gasteiger partial charge in [-0.2, -0.15) is 0 Å². The van der Waals surface area contributed by atoms with Crippen molar-refractivity contribution in [2.24, 2.45) is 11.8 Å². The molecule has 1 amide bonds.